The van der Waals surface area contributed by atoms with E-state index in [1.165, 1.54) is 0 Å². The van der Waals surface area contributed by atoms with Crippen LogP contribution >= 0.6 is 0 Å². The average molecular weight is 283 g/mol. The lowest BCUT2D eigenvalue weighted by atomic mass is 10.0. The number of anilines is 2. The first-order valence-electron chi connectivity index (χ1n) is 7.50. The monoisotopic (exact) mass is 283 g/mol. The van der Waals surface area contributed by atoms with Crippen molar-refractivity contribution >= 4 is 11.6 Å². The normalized spacial score (nSPS) is 18.6. The van der Waals surface area contributed by atoms with E-state index < -0.39 is 11.6 Å². The van der Waals surface area contributed by atoms with Gasteiger partial charge < -0.3 is 10.2 Å². The molecule has 0 amide bonds. The summed E-state index contributed by atoms with van der Waals surface area (Å²) in [5.74, 6) is -0.158. The Morgan fingerprint density at radius 2 is 2.10 bits per heavy atom. The SMILES string of the molecule is CCCNc1nc(N2CCC(CCC)C2)c(F)cc1F. The van der Waals surface area contributed by atoms with Gasteiger partial charge in [0.25, 0.3) is 0 Å². The second kappa shape index (κ2) is 6.86. The van der Waals surface area contributed by atoms with Gasteiger partial charge in [-0.1, -0.05) is 20.3 Å². The highest BCUT2D eigenvalue weighted by Gasteiger charge is 2.26. The van der Waals surface area contributed by atoms with Gasteiger partial charge in [-0.15, -0.1) is 0 Å². The van der Waals surface area contributed by atoms with Gasteiger partial charge in [-0.3, -0.25) is 0 Å². The minimum Gasteiger partial charge on any atom is -0.368 e. The van der Waals surface area contributed by atoms with Gasteiger partial charge in [-0.05, 0) is 25.2 Å². The summed E-state index contributed by atoms with van der Waals surface area (Å²) in [6.07, 6.45) is 4.22. The van der Waals surface area contributed by atoms with Crippen molar-refractivity contribution in [3.63, 3.8) is 0 Å². The smallest absolute Gasteiger partial charge is 0.168 e. The first-order valence-corrected chi connectivity index (χ1v) is 7.50. The van der Waals surface area contributed by atoms with Crippen molar-refractivity contribution in [1.82, 2.24) is 4.98 Å². The van der Waals surface area contributed by atoms with E-state index in [0.29, 0.717) is 12.5 Å². The minimum atomic E-state index is -0.621. The van der Waals surface area contributed by atoms with Gasteiger partial charge in [0.05, 0.1) is 0 Å². The molecule has 0 spiro atoms. The summed E-state index contributed by atoms with van der Waals surface area (Å²) >= 11 is 0. The molecule has 0 aliphatic carbocycles. The molecular formula is C15H23F2N3. The van der Waals surface area contributed by atoms with E-state index in [4.69, 9.17) is 0 Å². The Bertz CT molecular complexity index is 451. The average Bonchev–Trinajstić information content (AvgIpc) is 2.87. The highest BCUT2D eigenvalue weighted by atomic mass is 19.1. The van der Waals surface area contributed by atoms with Crippen LogP contribution in [0.4, 0.5) is 20.4 Å². The van der Waals surface area contributed by atoms with Crippen LogP contribution in [0.3, 0.4) is 0 Å². The molecule has 3 nitrogen and oxygen atoms in total. The maximum atomic E-state index is 13.9. The van der Waals surface area contributed by atoms with Crippen LogP contribution in [-0.2, 0) is 0 Å². The van der Waals surface area contributed by atoms with Crippen LogP contribution in [0.15, 0.2) is 6.07 Å². The van der Waals surface area contributed by atoms with Gasteiger partial charge in [0.2, 0.25) is 0 Å². The zero-order chi connectivity index (χ0) is 14.5. The largest absolute Gasteiger partial charge is 0.368 e. The van der Waals surface area contributed by atoms with E-state index in [2.05, 4.69) is 17.2 Å². The number of pyridine rings is 1. The number of halogens is 2. The molecule has 5 heteroatoms. The molecule has 1 aliphatic rings. The molecule has 1 aliphatic heterocycles. The van der Waals surface area contributed by atoms with Gasteiger partial charge >= 0.3 is 0 Å². The number of nitrogens with zero attached hydrogens (tertiary/aromatic N) is 2. The summed E-state index contributed by atoms with van der Waals surface area (Å²) in [4.78, 5) is 6.09. The molecule has 2 rings (SSSR count). The predicted octanol–water partition coefficient (Wildman–Crippen LogP) is 3.81. The molecule has 1 unspecified atom stereocenters. The van der Waals surface area contributed by atoms with Gasteiger partial charge in [0, 0.05) is 25.7 Å². The highest BCUT2D eigenvalue weighted by Crippen LogP contribution is 2.29. The zero-order valence-electron chi connectivity index (χ0n) is 12.3. The Morgan fingerprint density at radius 3 is 2.80 bits per heavy atom. The molecule has 1 aromatic rings. The lowest BCUT2D eigenvalue weighted by molar-refractivity contribution is 0.527. The summed E-state index contributed by atoms with van der Waals surface area (Å²) in [7, 11) is 0. The van der Waals surface area contributed by atoms with Crippen molar-refractivity contribution in [2.45, 2.75) is 39.5 Å². The third-order valence-corrected chi connectivity index (χ3v) is 3.74. The number of nitrogens with one attached hydrogen (secondary N) is 1. The summed E-state index contributed by atoms with van der Waals surface area (Å²) < 4.78 is 27.6. The molecule has 0 bridgehead atoms. The van der Waals surface area contributed by atoms with E-state index in [-0.39, 0.29) is 11.6 Å². The van der Waals surface area contributed by atoms with Gasteiger partial charge in [0.1, 0.15) is 0 Å². The van der Waals surface area contributed by atoms with Gasteiger partial charge in [-0.25, -0.2) is 13.8 Å². The lowest BCUT2D eigenvalue weighted by Gasteiger charge is -2.19. The van der Waals surface area contributed by atoms with E-state index in [1.54, 1.807) is 0 Å². The molecule has 1 N–H and O–H groups in total. The van der Waals surface area contributed by atoms with Gasteiger partial charge in [0.15, 0.2) is 23.3 Å². The van der Waals surface area contributed by atoms with Crippen molar-refractivity contribution in [2.24, 2.45) is 5.92 Å². The first-order chi connectivity index (χ1) is 9.65. The Morgan fingerprint density at radius 1 is 1.30 bits per heavy atom. The molecule has 0 radical (unpaired) electrons. The van der Waals surface area contributed by atoms with Crippen molar-refractivity contribution in [2.75, 3.05) is 29.9 Å². The van der Waals surface area contributed by atoms with Crippen molar-refractivity contribution in [3.8, 4) is 0 Å². The second-order valence-electron chi connectivity index (χ2n) is 5.44. The van der Waals surface area contributed by atoms with Crippen molar-refractivity contribution < 1.29 is 8.78 Å². The predicted molar refractivity (Wildman–Crippen MR) is 78.2 cm³/mol. The van der Waals surface area contributed by atoms with Crippen LogP contribution in [0.2, 0.25) is 0 Å². The van der Waals surface area contributed by atoms with E-state index in [9.17, 15) is 8.78 Å². The van der Waals surface area contributed by atoms with Crippen LogP contribution in [-0.4, -0.2) is 24.6 Å². The summed E-state index contributed by atoms with van der Waals surface area (Å²) in [5, 5.41) is 2.91. The maximum absolute atomic E-state index is 13.9. The van der Waals surface area contributed by atoms with E-state index in [1.807, 2.05) is 11.8 Å². The Balaban J connectivity index is 2.14. The van der Waals surface area contributed by atoms with Crippen LogP contribution in [0.25, 0.3) is 0 Å². The number of hydrogen-bond donors (Lipinski definition) is 1. The third kappa shape index (κ3) is 3.38. The molecule has 1 saturated heterocycles. The molecule has 112 valence electrons. The quantitative estimate of drug-likeness (QED) is 0.860. The summed E-state index contributed by atoms with van der Waals surface area (Å²) in [6, 6.07) is 0.938. The molecule has 0 aromatic carbocycles. The molecular weight excluding hydrogens is 260 g/mol. The molecule has 2 heterocycles. The maximum Gasteiger partial charge on any atom is 0.168 e. The third-order valence-electron chi connectivity index (χ3n) is 3.74. The molecule has 1 fully saturated rings. The van der Waals surface area contributed by atoms with Crippen LogP contribution < -0.4 is 10.2 Å². The van der Waals surface area contributed by atoms with Crippen LogP contribution in [0.1, 0.15) is 39.5 Å². The second-order valence-corrected chi connectivity index (χ2v) is 5.44. The summed E-state index contributed by atoms with van der Waals surface area (Å²) in [5.41, 5.74) is 0. The number of rotatable bonds is 6. The molecule has 0 saturated carbocycles. The topological polar surface area (TPSA) is 28.2 Å². The van der Waals surface area contributed by atoms with E-state index in [0.717, 1.165) is 44.8 Å². The molecule has 20 heavy (non-hydrogen) atoms. The highest BCUT2D eigenvalue weighted by molar-refractivity contribution is 5.50. The Labute approximate surface area is 119 Å². The fourth-order valence-electron chi connectivity index (χ4n) is 2.71. The zero-order valence-corrected chi connectivity index (χ0v) is 12.3. The summed E-state index contributed by atoms with van der Waals surface area (Å²) in [6.45, 7) is 6.40. The Kier molecular flexibility index (Phi) is 5.15. The molecule has 1 atom stereocenters. The fourth-order valence-corrected chi connectivity index (χ4v) is 2.71. The Hall–Kier alpha value is -1.39. The van der Waals surface area contributed by atoms with Crippen LogP contribution in [0.5, 0.6) is 0 Å². The first kappa shape index (κ1) is 15.0. The minimum absolute atomic E-state index is 0.155. The lowest BCUT2D eigenvalue weighted by Crippen LogP contribution is -2.23. The van der Waals surface area contributed by atoms with Gasteiger partial charge in [-0.2, -0.15) is 0 Å². The fraction of sp³-hybridized carbons (Fsp3) is 0.667. The van der Waals surface area contributed by atoms with Crippen molar-refractivity contribution in [1.29, 1.82) is 0 Å². The number of aromatic nitrogens is 1. The van der Waals surface area contributed by atoms with E-state index >= 15 is 0 Å². The molecule has 1 aromatic heterocycles. The standard InChI is InChI=1S/C15H23F2N3/c1-3-5-11-6-8-20(10-11)15-13(17)9-12(16)14(19-15)18-7-4-2/h9,11H,3-8,10H2,1-2H3,(H,18,19). The number of hydrogen-bond acceptors (Lipinski definition) is 3. The van der Waals surface area contributed by atoms with Crippen LogP contribution in [0, 0.1) is 17.6 Å². The van der Waals surface area contributed by atoms with Crippen molar-refractivity contribution in [3.05, 3.63) is 17.7 Å².